The van der Waals surface area contributed by atoms with Gasteiger partial charge in [0.05, 0.1) is 19.5 Å². The fourth-order valence-electron chi connectivity index (χ4n) is 3.08. The van der Waals surface area contributed by atoms with Crippen molar-refractivity contribution in [1.82, 2.24) is 19.9 Å². The summed E-state index contributed by atoms with van der Waals surface area (Å²) in [5.41, 5.74) is 1.27. The number of aromatic amines is 2. The van der Waals surface area contributed by atoms with Gasteiger partial charge in [0.1, 0.15) is 5.82 Å². The quantitative estimate of drug-likeness (QED) is 0.769. The topological polar surface area (TPSA) is 92.9 Å². The number of imidazole rings is 1. The van der Waals surface area contributed by atoms with E-state index in [2.05, 4.69) is 19.9 Å². The summed E-state index contributed by atoms with van der Waals surface area (Å²) < 4.78 is 11.5. The number of hydrogen-bond donors (Lipinski definition) is 2. The highest BCUT2D eigenvalue weighted by Crippen LogP contribution is 2.34. The van der Waals surface area contributed by atoms with Gasteiger partial charge in [0, 0.05) is 5.56 Å². The van der Waals surface area contributed by atoms with Crippen molar-refractivity contribution in [3.05, 3.63) is 34.9 Å². The Balaban J connectivity index is 1.75. The van der Waals surface area contributed by atoms with E-state index in [1.807, 2.05) is 18.2 Å². The molecule has 2 N–H and O–H groups in total. The predicted molar refractivity (Wildman–Crippen MR) is 89.4 cm³/mol. The highest BCUT2D eigenvalue weighted by molar-refractivity contribution is 5.72. The van der Waals surface area contributed by atoms with E-state index in [0.29, 0.717) is 28.5 Å². The Morgan fingerprint density at radius 2 is 2.04 bits per heavy atom. The lowest BCUT2D eigenvalue weighted by atomic mass is 10.2. The Hall–Kier alpha value is -2.83. The third kappa shape index (κ3) is 2.62. The van der Waals surface area contributed by atoms with E-state index in [9.17, 15) is 4.79 Å². The van der Waals surface area contributed by atoms with Gasteiger partial charge in [-0.15, -0.1) is 0 Å². The number of nitrogens with one attached hydrogen (secondary N) is 2. The van der Waals surface area contributed by atoms with Crippen molar-refractivity contribution in [3.8, 4) is 22.9 Å². The Bertz CT molecular complexity index is 925. The van der Waals surface area contributed by atoms with Gasteiger partial charge in [-0.3, -0.25) is 4.79 Å². The second kappa shape index (κ2) is 5.99. The molecule has 0 amide bonds. The fourth-order valence-corrected chi connectivity index (χ4v) is 3.08. The van der Waals surface area contributed by atoms with Crippen LogP contribution in [-0.2, 0) is 0 Å². The first-order chi connectivity index (χ1) is 11.7. The smallest absolute Gasteiger partial charge is 0.277 e. The van der Waals surface area contributed by atoms with Crippen molar-refractivity contribution >= 4 is 11.2 Å². The highest BCUT2D eigenvalue weighted by atomic mass is 16.5. The molecule has 0 bridgehead atoms. The number of H-pyrrole nitrogens is 2. The average Bonchev–Trinajstić information content (AvgIpc) is 3.26. The second-order valence-electron chi connectivity index (χ2n) is 5.91. The third-order valence-corrected chi connectivity index (χ3v) is 4.33. The van der Waals surface area contributed by atoms with E-state index in [0.717, 1.165) is 18.4 Å². The maximum absolute atomic E-state index is 12.1. The molecule has 1 fully saturated rings. The molecule has 0 unspecified atom stereocenters. The summed E-state index contributed by atoms with van der Waals surface area (Å²) in [4.78, 5) is 26.1. The van der Waals surface area contributed by atoms with Gasteiger partial charge >= 0.3 is 0 Å². The fraction of sp³-hybridized carbons (Fsp3) is 0.353. The largest absolute Gasteiger partial charge is 0.493 e. The molecule has 2 heterocycles. The molecule has 1 aliphatic carbocycles. The predicted octanol–water partition coefficient (Wildman–Crippen LogP) is 2.64. The molecule has 0 atom stereocenters. The Kier molecular flexibility index (Phi) is 3.68. The molecule has 1 saturated carbocycles. The van der Waals surface area contributed by atoms with Crippen molar-refractivity contribution in [2.24, 2.45) is 0 Å². The van der Waals surface area contributed by atoms with Crippen molar-refractivity contribution < 1.29 is 9.47 Å². The van der Waals surface area contributed by atoms with Gasteiger partial charge in [-0.05, 0) is 43.9 Å². The summed E-state index contributed by atoms with van der Waals surface area (Å²) in [7, 11) is 1.62. The lowest BCUT2D eigenvalue weighted by molar-refractivity contribution is 0.201. The molecule has 0 radical (unpaired) electrons. The molecule has 0 saturated heterocycles. The van der Waals surface area contributed by atoms with Crippen LogP contribution < -0.4 is 15.0 Å². The van der Waals surface area contributed by atoms with Crippen molar-refractivity contribution in [2.45, 2.75) is 31.8 Å². The lowest BCUT2D eigenvalue weighted by Gasteiger charge is -2.16. The van der Waals surface area contributed by atoms with E-state index < -0.39 is 0 Å². The number of hydrogen-bond acceptors (Lipinski definition) is 5. The summed E-state index contributed by atoms with van der Waals surface area (Å²) in [6, 6.07) is 5.53. The second-order valence-corrected chi connectivity index (χ2v) is 5.91. The third-order valence-electron chi connectivity index (χ3n) is 4.33. The molecule has 24 heavy (non-hydrogen) atoms. The Morgan fingerprint density at radius 1 is 1.21 bits per heavy atom. The van der Waals surface area contributed by atoms with E-state index in [1.54, 1.807) is 7.11 Å². The Morgan fingerprint density at radius 3 is 2.83 bits per heavy atom. The van der Waals surface area contributed by atoms with Crippen LogP contribution in [0.4, 0.5) is 0 Å². The minimum absolute atomic E-state index is 0.218. The molecule has 4 rings (SSSR count). The van der Waals surface area contributed by atoms with Crippen LogP contribution in [0, 0.1) is 0 Å². The van der Waals surface area contributed by atoms with Gasteiger partial charge in [0.25, 0.3) is 5.56 Å². The minimum atomic E-state index is -0.249. The number of methoxy groups -OCH3 is 1. The standard InChI is InChI=1S/C17H18N4O3/c1-23-12-7-6-10(8-13(12)24-11-4-2-3-5-11)15-20-16-14(17(22)21-15)18-9-19-16/h6-9,11H,2-5H2,1H3,(H2,18,19,20,21,22). The maximum Gasteiger partial charge on any atom is 0.277 e. The summed E-state index contributed by atoms with van der Waals surface area (Å²) in [5.74, 6) is 1.80. The van der Waals surface area contributed by atoms with E-state index in [-0.39, 0.29) is 11.7 Å². The number of benzene rings is 1. The average molecular weight is 326 g/mol. The molecule has 3 aromatic rings. The minimum Gasteiger partial charge on any atom is -0.493 e. The molecule has 0 aliphatic heterocycles. The lowest BCUT2D eigenvalue weighted by Crippen LogP contribution is -2.12. The molecule has 0 spiro atoms. The number of fused-ring (bicyclic) bond motifs is 1. The van der Waals surface area contributed by atoms with Crippen LogP contribution in [-0.4, -0.2) is 33.1 Å². The SMILES string of the molecule is COc1ccc(-c2nc3nc[nH]c3c(=O)[nH]2)cc1OC1CCCC1. The summed E-state index contributed by atoms with van der Waals surface area (Å²) in [6.07, 6.45) is 6.17. The van der Waals surface area contributed by atoms with Gasteiger partial charge < -0.3 is 19.4 Å². The first kappa shape index (κ1) is 14.7. The normalized spacial score (nSPS) is 15.0. The Labute approximate surface area is 138 Å². The number of aromatic nitrogens is 4. The summed E-state index contributed by atoms with van der Waals surface area (Å²) >= 11 is 0. The van der Waals surface area contributed by atoms with Crippen LogP contribution in [0.3, 0.4) is 0 Å². The highest BCUT2D eigenvalue weighted by Gasteiger charge is 2.19. The van der Waals surface area contributed by atoms with Crippen LogP contribution in [0.15, 0.2) is 29.3 Å². The molecule has 7 heteroatoms. The number of nitrogens with zero attached hydrogens (tertiary/aromatic N) is 2. The number of ether oxygens (including phenoxy) is 2. The van der Waals surface area contributed by atoms with Gasteiger partial charge in [-0.25, -0.2) is 9.97 Å². The van der Waals surface area contributed by atoms with Gasteiger partial charge in [0.15, 0.2) is 22.7 Å². The molecular weight excluding hydrogens is 308 g/mol. The molecule has 1 aliphatic rings. The zero-order valence-electron chi connectivity index (χ0n) is 13.3. The first-order valence-electron chi connectivity index (χ1n) is 8.03. The van der Waals surface area contributed by atoms with Gasteiger partial charge in [0.2, 0.25) is 0 Å². The number of rotatable bonds is 4. The van der Waals surface area contributed by atoms with Crippen LogP contribution >= 0.6 is 0 Å². The molecule has 1 aromatic carbocycles. The van der Waals surface area contributed by atoms with E-state index in [1.165, 1.54) is 19.2 Å². The maximum atomic E-state index is 12.1. The van der Waals surface area contributed by atoms with Crippen LogP contribution in [0.25, 0.3) is 22.6 Å². The summed E-state index contributed by atoms with van der Waals surface area (Å²) in [6.45, 7) is 0. The zero-order valence-corrected chi connectivity index (χ0v) is 13.3. The van der Waals surface area contributed by atoms with Gasteiger partial charge in [-0.2, -0.15) is 0 Å². The monoisotopic (exact) mass is 326 g/mol. The molecule has 7 nitrogen and oxygen atoms in total. The van der Waals surface area contributed by atoms with Gasteiger partial charge in [-0.1, -0.05) is 0 Å². The van der Waals surface area contributed by atoms with Crippen LogP contribution in [0.2, 0.25) is 0 Å². The van der Waals surface area contributed by atoms with Crippen molar-refractivity contribution in [1.29, 1.82) is 0 Å². The molecule has 2 aromatic heterocycles. The molecular formula is C17H18N4O3. The van der Waals surface area contributed by atoms with Crippen molar-refractivity contribution in [3.63, 3.8) is 0 Å². The van der Waals surface area contributed by atoms with Crippen molar-refractivity contribution in [2.75, 3.05) is 7.11 Å². The van der Waals surface area contributed by atoms with Crippen LogP contribution in [0.1, 0.15) is 25.7 Å². The van der Waals surface area contributed by atoms with Crippen LogP contribution in [0.5, 0.6) is 11.5 Å². The summed E-state index contributed by atoms with van der Waals surface area (Å²) in [5, 5.41) is 0. The zero-order chi connectivity index (χ0) is 16.5. The first-order valence-corrected chi connectivity index (χ1v) is 8.03. The van der Waals surface area contributed by atoms with E-state index in [4.69, 9.17) is 9.47 Å². The molecule has 124 valence electrons. The van der Waals surface area contributed by atoms with E-state index >= 15 is 0 Å².